The second-order valence-corrected chi connectivity index (χ2v) is 9.60. The molecule has 3 saturated carbocycles. The summed E-state index contributed by atoms with van der Waals surface area (Å²) in [6, 6.07) is 0. The number of hydrogen-bond donors (Lipinski definition) is 2. The third-order valence-corrected chi connectivity index (χ3v) is 8.52. The lowest BCUT2D eigenvalue weighted by Crippen LogP contribution is -2.52. The molecule has 1 unspecified atom stereocenters. The van der Waals surface area contributed by atoms with Crippen LogP contribution in [0.25, 0.3) is 0 Å². The van der Waals surface area contributed by atoms with Crippen LogP contribution in [-0.2, 0) is 4.79 Å². The molecule has 0 amide bonds. The summed E-state index contributed by atoms with van der Waals surface area (Å²) in [5.74, 6) is 1.83. The smallest absolute Gasteiger partial charge is 0.133 e. The molecule has 0 aromatic heterocycles. The van der Waals surface area contributed by atoms with Crippen molar-refractivity contribution in [3.05, 3.63) is 0 Å². The predicted octanol–water partition coefficient (Wildman–Crippen LogP) is 3.96. The molecule has 3 aliphatic carbocycles. The highest BCUT2D eigenvalue weighted by atomic mass is 16.3. The summed E-state index contributed by atoms with van der Waals surface area (Å²) in [5.41, 5.74) is 0.122. The van der Waals surface area contributed by atoms with E-state index in [0.29, 0.717) is 23.5 Å². The summed E-state index contributed by atoms with van der Waals surface area (Å²) in [6.07, 6.45) is 7.36. The number of Topliss-reactive ketones (excluding diaryl/α,β-unsaturated/α-hetero) is 1. The Labute approximate surface area is 147 Å². The molecule has 0 aliphatic heterocycles. The third kappa shape index (κ3) is 2.76. The standard InChI is InChI=1S/C21H36O3/c1-5-14-10-16(23)8-9-20(14,3)18-11-15-6-7-17(13(2)22)21(15,4)12-19(18)24/h14-19,23-24H,5-12H2,1-4H3/t14?,15-,16-,17+,18+,19-,20-,21-/m0/s1. The van der Waals surface area contributed by atoms with E-state index in [1.807, 2.05) is 0 Å². The first-order valence-electron chi connectivity index (χ1n) is 10.1. The minimum absolute atomic E-state index is 0.00595. The van der Waals surface area contributed by atoms with Gasteiger partial charge >= 0.3 is 0 Å². The summed E-state index contributed by atoms with van der Waals surface area (Å²) in [4.78, 5) is 12.1. The normalized spacial score (nSPS) is 52.1. The average Bonchev–Trinajstić information content (AvgIpc) is 2.84. The van der Waals surface area contributed by atoms with Crippen LogP contribution in [0.3, 0.4) is 0 Å². The SMILES string of the molecule is CCC1C[C@@H](O)CC[C@]1(C)[C@@H]1C[C@@H]2CC[C@H](C(C)=O)[C@@]2(C)C[C@@H]1O. The zero-order valence-electron chi connectivity index (χ0n) is 15.9. The maximum absolute atomic E-state index is 12.1. The van der Waals surface area contributed by atoms with E-state index in [2.05, 4.69) is 20.8 Å². The fourth-order valence-corrected chi connectivity index (χ4v) is 6.96. The minimum Gasteiger partial charge on any atom is -0.393 e. The van der Waals surface area contributed by atoms with Crippen molar-refractivity contribution in [2.75, 3.05) is 0 Å². The number of ketones is 1. The largest absolute Gasteiger partial charge is 0.393 e. The van der Waals surface area contributed by atoms with Crippen molar-refractivity contribution in [3.63, 3.8) is 0 Å². The van der Waals surface area contributed by atoms with E-state index in [9.17, 15) is 15.0 Å². The number of fused-ring (bicyclic) bond motifs is 1. The molecule has 3 fully saturated rings. The van der Waals surface area contributed by atoms with Gasteiger partial charge in [0.25, 0.3) is 0 Å². The van der Waals surface area contributed by atoms with E-state index >= 15 is 0 Å². The molecule has 0 aromatic carbocycles. The van der Waals surface area contributed by atoms with Crippen LogP contribution >= 0.6 is 0 Å². The maximum Gasteiger partial charge on any atom is 0.133 e. The van der Waals surface area contributed by atoms with Gasteiger partial charge in [-0.25, -0.2) is 0 Å². The van der Waals surface area contributed by atoms with Crippen LogP contribution in [0.1, 0.15) is 79.1 Å². The van der Waals surface area contributed by atoms with Crippen molar-refractivity contribution in [2.45, 2.75) is 91.3 Å². The Morgan fingerprint density at radius 1 is 1.08 bits per heavy atom. The van der Waals surface area contributed by atoms with Crippen molar-refractivity contribution in [1.82, 2.24) is 0 Å². The van der Waals surface area contributed by atoms with Crippen molar-refractivity contribution >= 4 is 5.78 Å². The van der Waals surface area contributed by atoms with Crippen LogP contribution in [-0.4, -0.2) is 28.2 Å². The van der Waals surface area contributed by atoms with E-state index in [4.69, 9.17) is 0 Å². The van der Waals surface area contributed by atoms with Gasteiger partial charge in [-0.1, -0.05) is 27.2 Å². The highest BCUT2D eigenvalue weighted by molar-refractivity contribution is 5.79. The molecule has 24 heavy (non-hydrogen) atoms. The molecule has 0 spiro atoms. The number of aliphatic hydroxyl groups excluding tert-OH is 2. The number of carbonyl (C=O) groups is 1. The monoisotopic (exact) mass is 336 g/mol. The van der Waals surface area contributed by atoms with Gasteiger partial charge < -0.3 is 10.2 Å². The van der Waals surface area contributed by atoms with E-state index < -0.39 is 0 Å². The Hall–Kier alpha value is -0.410. The zero-order valence-corrected chi connectivity index (χ0v) is 15.9. The van der Waals surface area contributed by atoms with Crippen LogP contribution in [0.2, 0.25) is 0 Å². The second kappa shape index (κ2) is 6.39. The number of carbonyl (C=O) groups excluding carboxylic acids is 1. The van der Waals surface area contributed by atoms with E-state index in [1.165, 1.54) is 0 Å². The van der Waals surface area contributed by atoms with Crippen LogP contribution in [0.15, 0.2) is 0 Å². The second-order valence-electron chi connectivity index (χ2n) is 9.60. The lowest BCUT2D eigenvalue weighted by Gasteiger charge is -2.55. The third-order valence-electron chi connectivity index (χ3n) is 8.52. The van der Waals surface area contributed by atoms with E-state index in [-0.39, 0.29) is 29.0 Å². The minimum atomic E-state index is -0.305. The van der Waals surface area contributed by atoms with Crippen molar-refractivity contribution in [3.8, 4) is 0 Å². The van der Waals surface area contributed by atoms with Crippen LogP contribution in [0, 0.1) is 34.5 Å². The molecule has 3 heteroatoms. The van der Waals surface area contributed by atoms with Gasteiger partial charge in [0.2, 0.25) is 0 Å². The molecule has 0 radical (unpaired) electrons. The van der Waals surface area contributed by atoms with Gasteiger partial charge in [-0.05, 0) is 80.5 Å². The van der Waals surface area contributed by atoms with Gasteiger partial charge in [0.15, 0.2) is 0 Å². The molecule has 0 heterocycles. The Morgan fingerprint density at radius 3 is 2.42 bits per heavy atom. The first-order chi connectivity index (χ1) is 11.2. The van der Waals surface area contributed by atoms with Crippen molar-refractivity contribution in [1.29, 1.82) is 0 Å². The fraction of sp³-hybridized carbons (Fsp3) is 0.952. The van der Waals surface area contributed by atoms with Gasteiger partial charge in [-0.15, -0.1) is 0 Å². The maximum atomic E-state index is 12.1. The van der Waals surface area contributed by atoms with E-state index in [0.717, 1.165) is 51.4 Å². The molecule has 2 N–H and O–H groups in total. The highest BCUT2D eigenvalue weighted by Gasteiger charge is 2.57. The molecule has 0 saturated heterocycles. The molecular formula is C21H36O3. The first-order valence-corrected chi connectivity index (χ1v) is 10.1. The van der Waals surface area contributed by atoms with Crippen LogP contribution in [0.4, 0.5) is 0 Å². The molecule has 3 rings (SSSR count). The van der Waals surface area contributed by atoms with Gasteiger partial charge in [0.1, 0.15) is 5.78 Å². The Bertz CT molecular complexity index is 489. The van der Waals surface area contributed by atoms with Gasteiger partial charge in [-0.2, -0.15) is 0 Å². The molecule has 3 aliphatic rings. The zero-order chi connectivity index (χ0) is 17.7. The quantitative estimate of drug-likeness (QED) is 0.820. The Morgan fingerprint density at radius 2 is 1.79 bits per heavy atom. The lowest BCUT2D eigenvalue weighted by atomic mass is 9.51. The summed E-state index contributed by atoms with van der Waals surface area (Å²) in [6.45, 7) is 8.57. The molecule has 3 nitrogen and oxygen atoms in total. The number of rotatable bonds is 3. The number of hydrogen-bond acceptors (Lipinski definition) is 3. The topological polar surface area (TPSA) is 57.5 Å². The summed E-state index contributed by atoms with van der Waals surface area (Å²) in [7, 11) is 0. The molecular weight excluding hydrogens is 300 g/mol. The fourth-order valence-electron chi connectivity index (χ4n) is 6.96. The van der Waals surface area contributed by atoms with Crippen molar-refractivity contribution in [2.24, 2.45) is 34.5 Å². The molecule has 8 atom stereocenters. The van der Waals surface area contributed by atoms with Crippen molar-refractivity contribution < 1.29 is 15.0 Å². The van der Waals surface area contributed by atoms with Crippen LogP contribution in [0.5, 0.6) is 0 Å². The molecule has 0 aromatic rings. The van der Waals surface area contributed by atoms with Gasteiger partial charge in [-0.3, -0.25) is 4.79 Å². The summed E-state index contributed by atoms with van der Waals surface area (Å²) >= 11 is 0. The summed E-state index contributed by atoms with van der Waals surface area (Å²) < 4.78 is 0. The van der Waals surface area contributed by atoms with Gasteiger partial charge in [0, 0.05) is 5.92 Å². The lowest BCUT2D eigenvalue weighted by molar-refractivity contribution is -0.136. The molecule has 0 bridgehead atoms. The Kier molecular flexibility index (Phi) is 4.90. The van der Waals surface area contributed by atoms with E-state index in [1.54, 1.807) is 6.92 Å². The predicted molar refractivity (Wildman–Crippen MR) is 95.5 cm³/mol. The van der Waals surface area contributed by atoms with Gasteiger partial charge in [0.05, 0.1) is 12.2 Å². The first kappa shape index (κ1) is 18.4. The number of aliphatic hydroxyl groups is 2. The summed E-state index contributed by atoms with van der Waals surface area (Å²) in [5, 5.41) is 21.2. The van der Waals surface area contributed by atoms with Crippen LogP contribution < -0.4 is 0 Å². The molecule has 138 valence electrons. The Balaban J connectivity index is 1.83. The average molecular weight is 337 g/mol. The highest BCUT2D eigenvalue weighted by Crippen LogP contribution is 2.62.